The van der Waals surface area contributed by atoms with Gasteiger partial charge in [0.25, 0.3) is 0 Å². The zero-order valence-electron chi connectivity index (χ0n) is 26.1. The molecule has 4 heteroatoms. The van der Waals surface area contributed by atoms with Crippen molar-refractivity contribution in [3.63, 3.8) is 0 Å². The van der Waals surface area contributed by atoms with Gasteiger partial charge in [0.05, 0.1) is 19.6 Å². The summed E-state index contributed by atoms with van der Waals surface area (Å²) in [6, 6.07) is -1.60. The average Bonchev–Trinajstić information content (AvgIpc) is 2.68. The van der Waals surface area contributed by atoms with Crippen LogP contribution in [0.15, 0.2) is 12.1 Å². The van der Waals surface area contributed by atoms with Crippen LogP contribution in [0, 0.1) is 11.8 Å². The third-order valence-electron chi connectivity index (χ3n) is 3.56. The maximum atomic E-state index is 13.5. The van der Waals surface area contributed by atoms with Gasteiger partial charge in [0.1, 0.15) is 5.78 Å². The van der Waals surface area contributed by atoms with Gasteiger partial charge in [0.15, 0.2) is 11.5 Å². The van der Waals surface area contributed by atoms with Gasteiger partial charge in [-0.15, -0.1) is 0 Å². The first-order valence-electron chi connectivity index (χ1n) is 13.7. The number of ketones is 1. The second-order valence-corrected chi connectivity index (χ2v) is 5.71. The molecule has 0 aromatic heterocycles. The number of carbonyl (C=O) groups is 1. The number of ether oxygens (including phenoxy) is 2. The van der Waals surface area contributed by atoms with E-state index >= 15 is 0 Å². The van der Waals surface area contributed by atoms with Crippen molar-refractivity contribution >= 4 is 5.78 Å². The average molecular weight is 331 g/mol. The number of benzene rings is 1. The molecule has 2 atom stereocenters. The monoisotopic (exact) mass is 330 g/mol. The zero-order chi connectivity index (χ0) is 28.1. The highest BCUT2D eigenvalue weighted by atomic mass is 16.5. The highest BCUT2D eigenvalue weighted by Gasteiger charge is 2.38. The molecular weight excluding hydrogens is 290 g/mol. The van der Waals surface area contributed by atoms with E-state index in [-0.39, 0.29) is 10.6 Å². The fourth-order valence-electron chi connectivity index (χ4n) is 2.51. The minimum Gasteiger partial charge on any atom is -0.493 e. The van der Waals surface area contributed by atoms with E-state index in [2.05, 4.69) is 0 Å². The number of rotatable bonds is 4. The molecule has 1 aromatic rings. The number of aryl methyl sites for hydroxylation is 1. The van der Waals surface area contributed by atoms with Crippen LogP contribution in [0.3, 0.4) is 0 Å². The summed E-state index contributed by atoms with van der Waals surface area (Å²) in [6.07, 6.45) is -7.12. The number of hydrogen-bond donors (Lipinski definition) is 0. The van der Waals surface area contributed by atoms with E-state index in [0.717, 1.165) is 19.2 Å². The Morgan fingerprint density at radius 2 is 2.22 bits per heavy atom. The Morgan fingerprint density at radius 3 is 2.91 bits per heavy atom. The molecule has 1 fully saturated rings. The lowest BCUT2D eigenvalue weighted by atomic mass is 9.80. The van der Waals surface area contributed by atoms with Crippen molar-refractivity contribution in [2.45, 2.75) is 39.0 Å². The van der Waals surface area contributed by atoms with E-state index in [9.17, 15) is 4.79 Å². The normalized spacial score (nSPS) is 48.3. The number of piperidine rings is 1. The third kappa shape index (κ3) is 3.09. The smallest absolute Gasteiger partial charge is 0.161 e. The maximum Gasteiger partial charge on any atom is 0.161 e. The van der Waals surface area contributed by atoms with E-state index in [4.69, 9.17) is 27.3 Å². The molecule has 4 nitrogen and oxygen atoms in total. The Balaban J connectivity index is 2.49. The van der Waals surface area contributed by atoms with Crippen molar-refractivity contribution in [1.29, 1.82) is 0 Å². The summed E-state index contributed by atoms with van der Waals surface area (Å²) < 4.78 is 119. The van der Waals surface area contributed by atoms with E-state index in [1.54, 1.807) is 13.8 Å². The van der Waals surface area contributed by atoms with Crippen LogP contribution in [-0.4, -0.2) is 37.8 Å². The minimum absolute atomic E-state index is 0.00412. The summed E-state index contributed by atoms with van der Waals surface area (Å²) in [5.41, 5.74) is -1.38. The molecular formula is C19H27NO3. The van der Waals surface area contributed by atoms with Crippen LogP contribution in [-0.2, 0) is 11.2 Å². The number of carbonyl (C=O) groups excluding carboxylic acids is 1. The Kier molecular flexibility index (Phi) is 1.91. The highest BCUT2D eigenvalue weighted by molar-refractivity contribution is 5.83. The summed E-state index contributed by atoms with van der Waals surface area (Å²) in [5, 5.41) is 0. The zero-order valence-corrected chi connectivity index (χ0v) is 13.1. The largest absolute Gasteiger partial charge is 0.493 e. The molecule has 0 aliphatic carbocycles. The molecule has 23 heavy (non-hydrogen) atoms. The fraction of sp³-hybridized carbons (Fsp3) is 0.632. The Labute approximate surface area is 157 Å². The van der Waals surface area contributed by atoms with Gasteiger partial charge in [0, 0.05) is 43.6 Å². The van der Waals surface area contributed by atoms with Crippen molar-refractivity contribution in [3.8, 4) is 11.5 Å². The van der Waals surface area contributed by atoms with Crippen LogP contribution in [0.25, 0.3) is 0 Å². The van der Waals surface area contributed by atoms with E-state index < -0.39 is 79.7 Å². The third-order valence-corrected chi connectivity index (χ3v) is 3.56. The van der Waals surface area contributed by atoms with Crippen LogP contribution in [0.1, 0.15) is 61.6 Å². The molecule has 0 spiro atoms. The van der Waals surface area contributed by atoms with Crippen molar-refractivity contribution in [3.05, 3.63) is 23.3 Å². The van der Waals surface area contributed by atoms with Gasteiger partial charge < -0.3 is 9.47 Å². The fourth-order valence-corrected chi connectivity index (χ4v) is 2.51. The summed E-state index contributed by atoms with van der Waals surface area (Å²) in [6.45, 7) is -3.71. The lowest BCUT2D eigenvalue weighted by Gasteiger charge is -2.43. The number of nitrogens with zero attached hydrogens (tertiary/aromatic N) is 1. The van der Waals surface area contributed by atoms with Crippen molar-refractivity contribution in [2.75, 3.05) is 27.1 Å². The van der Waals surface area contributed by atoms with Crippen LogP contribution in [0.4, 0.5) is 0 Å². The quantitative estimate of drug-likeness (QED) is 0.849. The molecule has 0 bridgehead atoms. The van der Waals surface area contributed by atoms with Gasteiger partial charge in [-0.25, -0.2) is 0 Å². The lowest BCUT2D eigenvalue weighted by Crippen LogP contribution is -2.46. The minimum atomic E-state index is -3.49. The highest BCUT2D eigenvalue weighted by Crippen LogP contribution is 2.42. The number of methoxy groups -OCH3 is 2. The van der Waals surface area contributed by atoms with Gasteiger partial charge in [-0.3, -0.25) is 9.69 Å². The molecule has 0 radical (unpaired) electrons. The predicted molar refractivity (Wildman–Crippen MR) is 90.1 cm³/mol. The lowest BCUT2D eigenvalue weighted by molar-refractivity contribution is -0.129. The standard InChI is InChI=1S/C19H27NO3/c1-12(2)7-14-11-20-6-5-13-8-18(22-3)19(23-4)9-15(13)16(20)10-17(14)21/h8-9,12,14,16H,5-7,10-11H2,1-4H3/i3D3,5D2,6D2,10D2,11D2,14D,16D. The van der Waals surface area contributed by atoms with Gasteiger partial charge in [0.2, 0.25) is 0 Å². The van der Waals surface area contributed by atoms with Crippen molar-refractivity contribution < 1.29 is 32.1 Å². The summed E-state index contributed by atoms with van der Waals surface area (Å²) in [5.74, 6) is -5.91. The molecule has 2 heterocycles. The Bertz CT molecular complexity index is 1090. The van der Waals surface area contributed by atoms with E-state index in [1.807, 2.05) is 0 Å². The Hall–Kier alpha value is -1.55. The molecule has 0 amide bonds. The van der Waals surface area contributed by atoms with Crippen LogP contribution in [0.2, 0.25) is 0 Å². The Morgan fingerprint density at radius 1 is 1.43 bits per heavy atom. The van der Waals surface area contributed by atoms with Crippen LogP contribution < -0.4 is 9.47 Å². The molecule has 2 aliphatic heterocycles. The molecule has 0 saturated carbocycles. The van der Waals surface area contributed by atoms with E-state index in [1.165, 1.54) is 0 Å². The molecule has 0 N–H and O–H groups in total. The molecule has 2 aliphatic rings. The van der Waals surface area contributed by atoms with Gasteiger partial charge in [-0.2, -0.15) is 0 Å². The van der Waals surface area contributed by atoms with Gasteiger partial charge >= 0.3 is 0 Å². The maximum absolute atomic E-state index is 13.5. The first-order chi connectivity index (χ1) is 15.9. The SMILES string of the molecule is [2H]C([2H])([2H])Oc1cc2c(cc1OC)C1([2H])N(C([2H])([2H])C([2H])(CC(C)C)C(=O)C1([2H])[2H])C([2H])([2H])C2([2H])[2H]. The molecule has 3 rings (SSSR count). The summed E-state index contributed by atoms with van der Waals surface area (Å²) in [7, 11) is -1.93. The number of hydrogen-bond acceptors (Lipinski definition) is 4. The molecule has 2 unspecified atom stereocenters. The summed E-state index contributed by atoms with van der Waals surface area (Å²) in [4.78, 5) is 13.5. The van der Waals surface area contributed by atoms with Crippen LogP contribution in [0.5, 0.6) is 11.5 Å². The van der Waals surface area contributed by atoms with E-state index in [0.29, 0.717) is 0 Å². The topological polar surface area (TPSA) is 38.8 Å². The second kappa shape index (κ2) is 6.52. The second-order valence-electron chi connectivity index (χ2n) is 5.71. The van der Waals surface area contributed by atoms with Crippen molar-refractivity contribution in [1.82, 2.24) is 4.90 Å². The van der Waals surface area contributed by atoms with Crippen molar-refractivity contribution in [2.24, 2.45) is 11.8 Å². The first kappa shape index (κ1) is 6.75. The number of Topliss-reactive ketones (excluding diaryl/α,β-unsaturated/α-hetero) is 1. The molecule has 1 saturated heterocycles. The number of fused-ring (bicyclic) bond motifs is 3. The molecule has 1 aromatic carbocycles. The molecule has 126 valence electrons. The van der Waals surface area contributed by atoms with Gasteiger partial charge in [-0.1, -0.05) is 13.8 Å². The van der Waals surface area contributed by atoms with Gasteiger partial charge in [-0.05, 0) is 42.0 Å². The predicted octanol–water partition coefficient (Wildman–Crippen LogP) is 3.24. The van der Waals surface area contributed by atoms with Crippen LogP contribution >= 0.6 is 0 Å². The summed E-state index contributed by atoms with van der Waals surface area (Å²) >= 11 is 0. The first-order valence-corrected chi connectivity index (χ1v) is 7.22.